The molecule has 2 aromatic rings. The summed E-state index contributed by atoms with van der Waals surface area (Å²) in [5, 5.41) is 0. The number of rotatable bonds is 8. The van der Waals surface area contributed by atoms with Crippen molar-refractivity contribution in [3.05, 3.63) is 41.2 Å². The molecule has 8 heteroatoms. The minimum atomic E-state index is -0.244. The van der Waals surface area contributed by atoms with E-state index in [0.717, 1.165) is 5.56 Å². The van der Waals surface area contributed by atoms with Crippen molar-refractivity contribution in [3.63, 3.8) is 0 Å². The summed E-state index contributed by atoms with van der Waals surface area (Å²) in [4.78, 5) is 22.9. The predicted octanol–water partition coefficient (Wildman–Crippen LogP) is 2.06. The molecule has 0 saturated heterocycles. The van der Waals surface area contributed by atoms with Gasteiger partial charge in [0.1, 0.15) is 5.69 Å². The minimum Gasteiger partial charge on any atom is -0.493 e. The van der Waals surface area contributed by atoms with Gasteiger partial charge in [-0.1, -0.05) is 6.07 Å². The molecule has 8 nitrogen and oxygen atoms in total. The second-order valence-electron chi connectivity index (χ2n) is 6.18. The zero-order chi connectivity index (χ0) is 20.0. The standard InChI is InChI=1S/C19H26N4O4/c1-12-8-15(22-19(20)21-12)18(24)23(13(2)11-25-3)10-14-6-7-16(26-4)17(9-14)27-5/h6-9,13H,10-11H2,1-5H3,(H2,20,21,22). The van der Waals surface area contributed by atoms with Crippen molar-refractivity contribution in [1.29, 1.82) is 0 Å². The molecule has 1 aromatic heterocycles. The Balaban J connectivity index is 2.35. The fraction of sp³-hybridized carbons (Fsp3) is 0.421. The number of ether oxygens (including phenoxy) is 3. The topological polar surface area (TPSA) is 99.8 Å². The van der Waals surface area contributed by atoms with Crippen LogP contribution in [0.3, 0.4) is 0 Å². The van der Waals surface area contributed by atoms with Gasteiger partial charge in [0, 0.05) is 19.3 Å². The molecule has 1 amide bonds. The fourth-order valence-electron chi connectivity index (χ4n) is 2.78. The van der Waals surface area contributed by atoms with Crippen LogP contribution in [0.15, 0.2) is 24.3 Å². The maximum Gasteiger partial charge on any atom is 0.273 e. The molecule has 2 N–H and O–H groups in total. The first-order chi connectivity index (χ1) is 12.9. The van der Waals surface area contributed by atoms with Gasteiger partial charge in [0.2, 0.25) is 5.95 Å². The second kappa shape index (κ2) is 9.18. The number of nitrogen functional groups attached to an aromatic ring is 1. The van der Waals surface area contributed by atoms with E-state index in [9.17, 15) is 4.79 Å². The van der Waals surface area contributed by atoms with E-state index >= 15 is 0 Å². The molecule has 0 aliphatic carbocycles. The van der Waals surface area contributed by atoms with E-state index in [0.29, 0.717) is 30.3 Å². The summed E-state index contributed by atoms with van der Waals surface area (Å²) >= 11 is 0. The lowest BCUT2D eigenvalue weighted by atomic mass is 10.1. The summed E-state index contributed by atoms with van der Waals surface area (Å²) < 4.78 is 15.9. The number of carbonyl (C=O) groups is 1. The molecule has 1 heterocycles. The van der Waals surface area contributed by atoms with Crippen molar-refractivity contribution in [2.75, 3.05) is 33.7 Å². The maximum atomic E-state index is 13.1. The van der Waals surface area contributed by atoms with E-state index in [2.05, 4.69) is 9.97 Å². The zero-order valence-corrected chi connectivity index (χ0v) is 16.4. The maximum absolute atomic E-state index is 13.1. The number of nitrogens with zero attached hydrogens (tertiary/aromatic N) is 3. The van der Waals surface area contributed by atoms with Crippen molar-refractivity contribution in [1.82, 2.24) is 14.9 Å². The van der Waals surface area contributed by atoms with E-state index in [-0.39, 0.29) is 23.6 Å². The van der Waals surface area contributed by atoms with Crippen LogP contribution in [0, 0.1) is 6.92 Å². The van der Waals surface area contributed by atoms with E-state index in [1.165, 1.54) is 0 Å². The van der Waals surface area contributed by atoms with Crippen molar-refractivity contribution in [2.24, 2.45) is 0 Å². The number of nitrogens with two attached hydrogens (primary N) is 1. The molecule has 0 fully saturated rings. The molecule has 0 saturated carbocycles. The zero-order valence-electron chi connectivity index (χ0n) is 16.4. The molecule has 0 bridgehead atoms. The predicted molar refractivity (Wildman–Crippen MR) is 102 cm³/mol. The highest BCUT2D eigenvalue weighted by atomic mass is 16.5. The Kier molecular flexibility index (Phi) is 6.95. The van der Waals surface area contributed by atoms with Gasteiger partial charge < -0.3 is 24.8 Å². The van der Waals surface area contributed by atoms with Crippen LogP contribution < -0.4 is 15.2 Å². The van der Waals surface area contributed by atoms with Crippen LogP contribution in [0.2, 0.25) is 0 Å². The number of anilines is 1. The van der Waals surface area contributed by atoms with E-state index in [1.807, 2.05) is 25.1 Å². The summed E-state index contributed by atoms with van der Waals surface area (Å²) in [6.45, 7) is 4.43. The summed E-state index contributed by atoms with van der Waals surface area (Å²) in [7, 11) is 4.75. The van der Waals surface area contributed by atoms with Gasteiger partial charge in [-0.05, 0) is 37.6 Å². The normalized spacial score (nSPS) is 11.7. The largest absolute Gasteiger partial charge is 0.493 e. The van der Waals surface area contributed by atoms with Crippen LogP contribution in [0.1, 0.15) is 28.7 Å². The monoisotopic (exact) mass is 374 g/mol. The minimum absolute atomic E-state index is 0.0730. The molecule has 0 radical (unpaired) electrons. The van der Waals surface area contributed by atoms with E-state index in [1.54, 1.807) is 39.2 Å². The van der Waals surface area contributed by atoms with Crippen molar-refractivity contribution < 1.29 is 19.0 Å². The smallest absolute Gasteiger partial charge is 0.273 e. The Bertz CT molecular complexity index is 777. The Morgan fingerprint density at radius 3 is 2.44 bits per heavy atom. The average molecular weight is 374 g/mol. The lowest BCUT2D eigenvalue weighted by Crippen LogP contribution is -2.41. The Morgan fingerprint density at radius 1 is 1.15 bits per heavy atom. The van der Waals surface area contributed by atoms with Gasteiger partial charge in [-0.15, -0.1) is 0 Å². The lowest BCUT2D eigenvalue weighted by molar-refractivity contribution is 0.0536. The molecule has 1 aromatic carbocycles. The molecule has 27 heavy (non-hydrogen) atoms. The van der Waals surface area contributed by atoms with Crippen LogP contribution in [0.5, 0.6) is 11.5 Å². The van der Waals surface area contributed by atoms with Crippen LogP contribution in [0.25, 0.3) is 0 Å². The van der Waals surface area contributed by atoms with E-state index < -0.39 is 0 Å². The fourth-order valence-corrected chi connectivity index (χ4v) is 2.78. The quantitative estimate of drug-likeness (QED) is 0.755. The van der Waals surface area contributed by atoms with Crippen molar-refractivity contribution in [2.45, 2.75) is 26.4 Å². The number of benzene rings is 1. The van der Waals surface area contributed by atoms with Crippen LogP contribution in [-0.2, 0) is 11.3 Å². The molecular formula is C19H26N4O4. The first-order valence-corrected chi connectivity index (χ1v) is 8.51. The number of hydrogen-bond acceptors (Lipinski definition) is 7. The SMILES string of the molecule is COCC(C)N(Cc1ccc(OC)c(OC)c1)C(=O)c1cc(C)nc(N)n1. The van der Waals surface area contributed by atoms with Gasteiger partial charge in [0.05, 0.1) is 26.9 Å². The number of aryl methyl sites for hydroxylation is 1. The first kappa shape index (κ1) is 20.4. The second-order valence-corrected chi connectivity index (χ2v) is 6.18. The van der Waals surface area contributed by atoms with Crippen molar-refractivity contribution >= 4 is 11.9 Å². The number of aromatic nitrogens is 2. The highest BCUT2D eigenvalue weighted by Crippen LogP contribution is 2.28. The molecule has 0 aliphatic heterocycles. The highest BCUT2D eigenvalue weighted by molar-refractivity contribution is 5.92. The molecule has 1 unspecified atom stereocenters. The van der Waals surface area contributed by atoms with Gasteiger partial charge >= 0.3 is 0 Å². The Morgan fingerprint density at radius 2 is 1.85 bits per heavy atom. The Labute approximate surface area is 159 Å². The summed E-state index contributed by atoms with van der Waals surface area (Å²) in [6.07, 6.45) is 0. The van der Waals surface area contributed by atoms with Gasteiger partial charge in [-0.3, -0.25) is 4.79 Å². The third-order valence-electron chi connectivity index (χ3n) is 4.09. The summed E-state index contributed by atoms with van der Waals surface area (Å²) in [6, 6.07) is 7.00. The molecule has 0 spiro atoms. The number of carbonyl (C=O) groups excluding carboxylic acids is 1. The molecule has 1 atom stereocenters. The van der Waals surface area contributed by atoms with Gasteiger partial charge in [-0.2, -0.15) is 0 Å². The third-order valence-corrected chi connectivity index (χ3v) is 4.09. The lowest BCUT2D eigenvalue weighted by Gasteiger charge is -2.29. The van der Waals surface area contributed by atoms with E-state index in [4.69, 9.17) is 19.9 Å². The molecule has 146 valence electrons. The van der Waals surface area contributed by atoms with Crippen molar-refractivity contribution in [3.8, 4) is 11.5 Å². The number of methoxy groups -OCH3 is 3. The molecule has 2 rings (SSSR count). The average Bonchev–Trinajstić information content (AvgIpc) is 2.64. The van der Waals surface area contributed by atoms with Crippen LogP contribution in [0.4, 0.5) is 5.95 Å². The van der Waals surface area contributed by atoms with Gasteiger partial charge in [0.25, 0.3) is 5.91 Å². The van der Waals surface area contributed by atoms with Crippen LogP contribution >= 0.6 is 0 Å². The first-order valence-electron chi connectivity index (χ1n) is 8.51. The Hall–Kier alpha value is -2.87. The number of hydrogen-bond donors (Lipinski definition) is 1. The van der Waals surface area contributed by atoms with Gasteiger partial charge in [-0.25, -0.2) is 9.97 Å². The third kappa shape index (κ3) is 5.07. The van der Waals surface area contributed by atoms with Crippen LogP contribution in [-0.4, -0.2) is 54.8 Å². The highest BCUT2D eigenvalue weighted by Gasteiger charge is 2.24. The molecule has 0 aliphatic rings. The summed E-state index contributed by atoms with van der Waals surface area (Å²) in [5.41, 5.74) is 7.49. The summed E-state index contributed by atoms with van der Waals surface area (Å²) in [5.74, 6) is 1.06. The van der Waals surface area contributed by atoms with Gasteiger partial charge in [0.15, 0.2) is 11.5 Å². The number of amides is 1. The molecular weight excluding hydrogens is 348 g/mol.